The summed E-state index contributed by atoms with van der Waals surface area (Å²) < 4.78 is 2.85. The number of aryl methyl sites for hydroxylation is 2. The predicted molar refractivity (Wildman–Crippen MR) is 150 cm³/mol. The summed E-state index contributed by atoms with van der Waals surface area (Å²) in [4.78, 5) is 23.5. The van der Waals surface area contributed by atoms with Crippen molar-refractivity contribution < 1.29 is 0 Å². The highest BCUT2D eigenvalue weighted by Crippen LogP contribution is 2.26. The molecule has 6 heteroatoms. The lowest BCUT2D eigenvalue weighted by atomic mass is 9.95. The Hall–Kier alpha value is -4.08. The molecule has 0 radical (unpaired) electrons. The van der Waals surface area contributed by atoms with Gasteiger partial charge < -0.3 is 0 Å². The molecule has 0 aliphatic carbocycles. The molecular formula is C31H28N4OS. The molecule has 5 nitrogen and oxygen atoms in total. The highest BCUT2D eigenvalue weighted by Gasteiger charge is 2.17. The Morgan fingerprint density at radius 1 is 1.00 bits per heavy atom. The quantitative estimate of drug-likeness (QED) is 0.236. The standard InChI is InChI=1S/C31H28N4OS/c1-3-4-12-27-26(18-22-15-16-25(24(17-22)19-32)23-10-6-5-7-11-23)31(36)35(21(2)33-27)20-30-34-28-13-8-9-14-29(28)37-30/h5-11,13-17H,3-4,12,18,20H2,1-2H3. The van der Waals surface area contributed by atoms with E-state index in [2.05, 4.69) is 19.1 Å². The number of hydrogen-bond donors (Lipinski definition) is 0. The van der Waals surface area contributed by atoms with E-state index in [0.29, 0.717) is 29.9 Å². The van der Waals surface area contributed by atoms with E-state index in [1.165, 1.54) is 0 Å². The van der Waals surface area contributed by atoms with Crippen LogP contribution < -0.4 is 5.56 Å². The third kappa shape index (κ3) is 5.23. The number of benzene rings is 3. The number of nitrogens with zero attached hydrogens (tertiary/aromatic N) is 4. The molecule has 0 aliphatic rings. The summed E-state index contributed by atoms with van der Waals surface area (Å²) in [5, 5.41) is 10.8. The summed E-state index contributed by atoms with van der Waals surface area (Å²) in [6.07, 6.45) is 3.20. The lowest BCUT2D eigenvalue weighted by Crippen LogP contribution is -2.30. The van der Waals surface area contributed by atoms with Crippen LogP contribution in [-0.4, -0.2) is 14.5 Å². The number of fused-ring (bicyclic) bond motifs is 1. The molecule has 0 saturated carbocycles. The molecule has 0 atom stereocenters. The fourth-order valence-corrected chi connectivity index (χ4v) is 5.62. The van der Waals surface area contributed by atoms with Gasteiger partial charge in [0.2, 0.25) is 0 Å². The monoisotopic (exact) mass is 504 g/mol. The number of unbranched alkanes of at least 4 members (excludes halogenated alkanes) is 1. The molecule has 0 unspecified atom stereocenters. The molecule has 184 valence electrons. The first kappa shape index (κ1) is 24.6. The second-order valence-corrected chi connectivity index (χ2v) is 10.3. The van der Waals surface area contributed by atoms with Gasteiger partial charge >= 0.3 is 0 Å². The molecule has 37 heavy (non-hydrogen) atoms. The summed E-state index contributed by atoms with van der Waals surface area (Å²) >= 11 is 1.61. The maximum absolute atomic E-state index is 13.9. The third-order valence-corrected chi connectivity index (χ3v) is 7.63. The highest BCUT2D eigenvalue weighted by atomic mass is 32.1. The van der Waals surface area contributed by atoms with Gasteiger partial charge in [-0.2, -0.15) is 5.26 Å². The maximum atomic E-state index is 13.9. The van der Waals surface area contributed by atoms with Gasteiger partial charge in [-0.05, 0) is 54.7 Å². The first-order valence-electron chi connectivity index (χ1n) is 12.6. The smallest absolute Gasteiger partial charge is 0.257 e. The third-order valence-electron chi connectivity index (χ3n) is 6.61. The van der Waals surface area contributed by atoms with Crippen molar-refractivity contribution in [2.75, 3.05) is 0 Å². The minimum Gasteiger partial charge on any atom is -0.290 e. The van der Waals surface area contributed by atoms with E-state index in [1.54, 1.807) is 15.9 Å². The van der Waals surface area contributed by atoms with Crippen LogP contribution >= 0.6 is 11.3 Å². The van der Waals surface area contributed by atoms with E-state index < -0.39 is 0 Å². The van der Waals surface area contributed by atoms with Crippen LogP contribution in [0, 0.1) is 18.3 Å². The van der Waals surface area contributed by atoms with Gasteiger partial charge in [-0.25, -0.2) is 9.97 Å². The molecule has 0 bridgehead atoms. The molecule has 0 spiro atoms. The van der Waals surface area contributed by atoms with Gasteiger partial charge in [0.05, 0.1) is 34.1 Å². The Morgan fingerprint density at radius 2 is 1.78 bits per heavy atom. The summed E-state index contributed by atoms with van der Waals surface area (Å²) in [5.74, 6) is 0.705. The Balaban J connectivity index is 1.53. The second-order valence-electron chi connectivity index (χ2n) is 9.19. The zero-order valence-electron chi connectivity index (χ0n) is 21.1. The normalized spacial score (nSPS) is 11.1. The van der Waals surface area contributed by atoms with Crippen molar-refractivity contribution in [2.24, 2.45) is 0 Å². The van der Waals surface area contributed by atoms with E-state index in [0.717, 1.165) is 56.9 Å². The molecule has 2 aromatic heterocycles. The predicted octanol–water partition coefficient (Wildman–Crippen LogP) is 6.68. The fraction of sp³-hybridized carbons (Fsp3) is 0.226. The van der Waals surface area contributed by atoms with E-state index in [-0.39, 0.29) is 5.56 Å². The van der Waals surface area contributed by atoms with Gasteiger partial charge in [0.25, 0.3) is 5.56 Å². The molecule has 5 rings (SSSR count). The average Bonchev–Trinajstić information content (AvgIpc) is 3.34. The first-order valence-corrected chi connectivity index (χ1v) is 13.4. The molecule has 0 amide bonds. The number of para-hydroxylation sites is 1. The molecule has 0 saturated heterocycles. The van der Waals surface area contributed by atoms with Crippen molar-refractivity contribution in [1.82, 2.24) is 14.5 Å². The zero-order chi connectivity index (χ0) is 25.8. The van der Waals surface area contributed by atoms with Crippen molar-refractivity contribution in [3.8, 4) is 17.2 Å². The van der Waals surface area contributed by atoms with E-state index in [1.807, 2.05) is 73.7 Å². The van der Waals surface area contributed by atoms with Gasteiger partial charge in [0, 0.05) is 12.0 Å². The summed E-state index contributed by atoms with van der Waals surface area (Å²) in [6.45, 7) is 4.44. The van der Waals surface area contributed by atoms with Crippen LogP contribution in [0.15, 0.2) is 77.6 Å². The molecule has 5 aromatic rings. The van der Waals surface area contributed by atoms with Crippen molar-refractivity contribution >= 4 is 21.6 Å². The van der Waals surface area contributed by atoms with Crippen LogP contribution in [0.3, 0.4) is 0 Å². The summed E-state index contributed by atoms with van der Waals surface area (Å²) in [5.41, 5.74) is 5.92. The average molecular weight is 505 g/mol. The number of thiazole rings is 1. The molecule has 0 aliphatic heterocycles. The molecule has 0 N–H and O–H groups in total. The number of nitriles is 1. The minimum atomic E-state index is -0.0245. The molecular weight excluding hydrogens is 476 g/mol. The Labute approximate surface area is 220 Å². The van der Waals surface area contributed by atoms with Gasteiger partial charge in [-0.15, -0.1) is 11.3 Å². The Kier molecular flexibility index (Phi) is 7.25. The van der Waals surface area contributed by atoms with E-state index in [9.17, 15) is 10.1 Å². The summed E-state index contributed by atoms with van der Waals surface area (Å²) in [7, 11) is 0. The highest BCUT2D eigenvalue weighted by molar-refractivity contribution is 7.18. The zero-order valence-corrected chi connectivity index (χ0v) is 21.9. The lowest BCUT2D eigenvalue weighted by Gasteiger charge is -2.15. The van der Waals surface area contributed by atoms with Crippen molar-refractivity contribution in [2.45, 2.75) is 46.1 Å². The number of hydrogen-bond acceptors (Lipinski definition) is 5. The summed E-state index contributed by atoms with van der Waals surface area (Å²) in [6, 6.07) is 26.2. The fourth-order valence-electron chi connectivity index (χ4n) is 4.66. The topological polar surface area (TPSA) is 71.6 Å². The van der Waals surface area contributed by atoms with Gasteiger partial charge in [0.15, 0.2) is 0 Å². The lowest BCUT2D eigenvalue weighted by molar-refractivity contribution is 0.661. The largest absolute Gasteiger partial charge is 0.290 e. The number of aromatic nitrogens is 3. The first-order chi connectivity index (χ1) is 18.1. The maximum Gasteiger partial charge on any atom is 0.257 e. The van der Waals surface area contributed by atoms with E-state index in [4.69, 9.17) is 9.97 Å². The Morgan fingerprint density at radius 3 is 2.54 bits per heavy atom. The van der Waals surface area contributed by atoms with Gasteiger partial charge in [0.1, 0.15) is 10.8 Å². The molecule has 0 fully saturated rings. The van der Waals surface area contributed by atoms with Crippen LogP contribution in [0.4, 0.5) is 0 Å². The van der Waals surface area contributed by atoms with E-state index >= 15 is 0 Å². The molecule has 3 aromatic carbocycles. The van der Waals surface area contributed by atoms with Crippen molar-refractivity contribution in [1.29, 1.82) is 5.26 Å². The van der Waals surface area contributed by atoms with Crippen molar-refractivity contribution in [3.63, 3.8) is 0 Å². The van der Waals surface area contributed by atoms with Crippen LogP contribution in [0.2, 0.25) is 0 Å². The van der Waals surface area contributed by atoms with Crippen LogP contribution in [0.5, 0.6) is 0 Å². The minimum absolute atomic E-state index is 0.0245. The molecule has 2 heterocycles. The SMILES string of the molecule is CCCCc1nc(C)n(Cc2nc3ccccc3s2)c(=O)c1Cc1ccc(-c2ccccc2)c(C#N)c1. The second kappa shape index (κ2) is 10.9. The number of rotatable bonds is 8. The van der Waals surface area contributed by atoms with Gasteiger partial charge in [-0.1, -0.05) is 67.9 Å². The van der Waals surface area contributed by atoms with Crippen LogP contribution in [0.25, 0.3) is 21.3 Å². The van der Waals surface area contributed by atoms with Crippen LogP contribution in [-0.2, 0) is 19.4 Å². The Bertz CT molecular complexity index is 1630. The van der Waals surface area contributed by atoms with Crippen molar-refractivity contribution in [3.05, 3.63) is 116 Å². The van der Waals surface area contributed by atoms with Gasteiger partial charge in [-0.3, -0.25) is 9.36 Å². The van der Waals surface area contributed by atoms with Crippen LogP contribution in [0.1, 0.15) is 53.0 Å².